The van der Waals surface area contributed by atoms with E-state index in [1.807, 2.05) is 20.8 Å². The summed E-state index contributed by atoms with van der Waals surface area (Å²) in [6, 6.07) is -0.722. The molecule has 0 aromatic heterocycles. The molecule has 2 unspecified atom stereocenters. The highest BCUT2D eigenvalue weighted by molar-refractivity contribution is 5.86. The minimum atomic E-state index is -0.722. The number of amides is 2. The maximum atomic E-state index is 12.6. The molecule has 1 rings (SSSR count). The van der Waals surface area contributed by atoms with Crippen molar-refractivity contribution in [2.24, 2.45) is 11.8 Å². The van der Waals surface area contributed by atoms with Crippen LogP contribution in [0.25, 0.3) is 0 Å². The number of rotatable bonds is 11. The van der Waals surface area contributed by atoms with Crippen molar-refractivity contribution in [3.05, 3.63) is 0 Å². The highest BCUT2D eigenvalue weighted by Gasteiger charge is 2.31. The van der Waals surface area contributed by atoms with Crippen LogP contribution < -0.4 is 5.32 Å². The third kappa shape index (κ3) is 7.42. The molecule has 2 amide bonds. The fourth-order valence-electron chi connectivity index (χ4n) is 3.04. The summed E-state index contributed by atoms with van der Waals surface area (Å²) in [5.74, 6) is -1.41. The van der Waals surface area contributed by atoms with Crippen LogP contribution in [-0.2, 0) is 19.1 Å². The van der Waals surface area contributed by atoms with Crippen LogP contribution in [0.2, 0.25) is 0 Å². The van der Waals surface area contributed by atoms with Crippen molar-refractivity contribution >= 4 is 18.3 Å². The van der Waals surface area contributed by atoms with Crippen LogP contribution in [0.3, 0.4) is 0 Å². The number of ether oxygens (including phenoxy) is 1. The van der Waals surface area contributed by atoms with Crippen LogP contribution in [-0.4, -0.2) is 47.2 Å². The molecule has 7 nitrogen and oxygen atoms in total. The zero-order valence-electron chi connectivity index (χ0n) is 15.6. The third-order valence-corrected chi connectivity index (χ3v) is 4.61. The number of hydrogen-bond acceptors (Lipinski definition) is 5. The Bertz CT molecular complexity index is 435. The van der Waals surface area contributed by atoms with Gasteiger partial charge in [0.25, 0.3) is 0 Å². The van der Waals surface area contributed by atoms with E-state index in [-0.39, 0.29) is 30.9 Å². The van der Waals surface area contributed by atoms with Gasteiger partial charge in [0.1, 0.15) is 12.1 Å². The van der Waals surface area contributed by atoms with Gasteiger partial charge in [0.2, 0.25) is 12.3 Å². The Balaban J connectivity index is 2.69. The molecule has 0 heterocycles. The van der Waals surface area contributed by atoms with E-state index in [1.165, 1.54) is 0 Å². The first-order chi connectivity index (χ1) is 11.9. The van der Waals surface area contributed by atoms with E-state index in [1.54, 1.807) is 0 Å². The monoisotopic (exact) mass is 356 g/mol. The van der Waals surface area contributed by atoms with E-state index in [2.05, 4.69) is 5.32 Å². The molecule has 0 spiro atoms. The molecule has 2 atom stereocenters. The van der Waals surface area contributed by atoms with Crippen molar-refractivity contribution in [3.63, 3.8) is 0 Å². The lowest BCUT2D eigenvalue weighted by molar-refractivity contribution is -0.158. The summed E-state index contributed by atoms with van der Waals surface area (Å²) in [6.45, 7) is 5.62. The maximum absolute atomic E-state index is 12.6. The highest BCUT2D eigenvalue weighted by atomic mass is 16.5. The first kappa shape index (κ1) is 21.4. The van der Waals surface area contributed by atoms with Crippen molar-refractivity contribution in [1.82, 2.24) is 10.4 Å². The molecule has 1 saturated carbocycles. The fourth-order valence-corrected chi connectivity index (χ4v) is 3.04. The summed E-state index contributed by atoms with van der Waals surface area (Å²) in [6.07, 6.45) is 6.34. The van der Waals surface area contributed by atoms with Gasteiger partial charge in [-0.3, -0.25) is 14.8 Å². The molecular weight excluding hydrogens is 324 g/mol. The number of carbonyl (C=O) groups excluding carboxylic acids is 3. The molecule has 2 N–H and O–H groups in total. The topological polar surface area (TPSA) is 95.9 Å². The van der Waals surface area contributed by atoms with Gasteiger partial charge in [0.15, 0.2) is 0 Å². The zero-order chi connectivity index (χ0) is 18.8. The minimum absolute atomic E-state index is 0.0514. The summed E-state index contributed by atoms with van der Waals surface area (Å²) in [4.78, 5) is 35.7. The highest BCUT2D eigenvalue weighted by Crippen LogP contribution is 2.22. The van der Waals surface area contributed by atoms with E-state index in [9.17, 15) is 19.6 Å². The zero-order valence-corrected chi connectivity index (χ0v) is 15.6. The molecular formula is C18H32N2O5. The molecule has 1 aliphatic rings. The molecule has 0 bridgehead atoms. The average Bonchev–Trinajstić information content (AvgIpc) is 3.08. The second kappa shape index (κ2) is 11.1. The maximum Gasteiger partial charge on any atom is 0.329 e. The van der Waals surface area contributed by atoms with E-state index < -0.39 is 17.9 Å². The summed E-state index contributed by atoms with van der Waals surface area (Å²) in [5, 5.41) is 12.6. The van der Waals surface area contributed by atoms with Gasteiger partial charge in [-0.25, -0.2) is 9.86 Å². The Hall–Kier alpha value is -1.63. The van der Waals surface area contributed by atoms with Crippen molar-refractivity contribution in [2.45, 2.75) is 77.9 Å². The summed E-state index contributed by atoms with van der Waals surface area (Å²) in [7, 11) is 0. The van der Waals surface area contributed by atoms with Crippen molar-refractivity contribution in [3.8, 4) is 0 Å². The van der Waals surface area contributed by atoms with Crippen LogP contribution in [0.4, 0.5) is 0 Å². The van der Waals surface area contributed by atoms with Gasteiger partial charge in [-0.2, -0.15) is 0 Å². The smallest absolute Gasteiger partial charge is 0.329 e. The predicted molar refractivity (Wildman–Crippen MR) is 92.7 cm³/mol. The Morgan fingerprint density at radius 2 is 1.96 bits per heavy atom. The number of esters is 1. The van der Waals surface area contributed by atoms with E-state index in [0.717, 1.165) is 38.5 Å². The van der Waals surface area contributed by atoms with Gasteiger partial charge >= 0.3 is 5.97 Å². The van der Waals surface area contributed by atoms with Crippen molar-refractivity contribution in [2.75, 3.05) is 6.54 Å². The van der Waals surface area contributed by atoms with E-state index in [0.29, 0.717) is 11.5 Å². The van der Waals surface area contributed by atoms with Gasteiger partial charge in [-0.05, 0) is 38.0 Å². The van der Waals surface area contributed by atoms with E-state index in [4.69, 9.17) is 4.74 Å². The Kier molecular flexibility index (Phi) is 9.49. The van der Waals surface area contributed by atoms with Crippen LogP contribution >= 0.6 is 0 Å². The molecule has 0 aromatic rings. The van der Waals surface area contributed by atoms with E-state index >= 15 is 0 Å². The lowest BCUT2D eigenvalue weighted by Gasteiger charge is -2.26. The molecule has 0 aliphatic heterocycles. The van der Waals surface area contributed by atoms with Crippen LogP contribution in [0.15, 0.2) is 0 Å². The fraction of sp³-hybridized carbons (Fsp3) is 0.833. The quantitative estimate of drug-likeness (QED) is 0.256. The third-order valence-electron chi connectivity index (χ3n) is 4.61. The molecule has 1 fully saturated rings. The molecule has 25 heavy (non-hydrogen) atoms. The SMILES string of the molecule is CCCCC(CN(O)C=O)C(=O)NC(C(=O)OC1CCCC1)C(C)C. The lowest BCUT2D eigenvalue weighted by atomic mass is 9.98. The lowest BCUT2D eigenvalue weighted by Crippen LogP contribution is -2.49. The molecule has 144 valence electrons. The Morgan fingerprint density at radius 1 is 1.32 bits per heavy atom. The van der Waals surface area contributed by atoms with Crippen molar-refractivity contribution in [1.29, 1.82) is 0 Å². The molecule has 1 aliphatic carbocycles. The second-order valence-electron chi connectivity index (χ2n) is 7.14. The number of unbranched alkanes of at least 4 members (excludes halogenated alkanes) is 1. The molecule has 7 heteroatoms. The number of nitrogens with zero attached hydrogens (tertiary/aromatic N) is 1. The average molecular weight is 356 g/mol. The summed E-state index contributed by atoms with van der Waals surface area (Å²) < 4.78 is 5.53. The van der Waals surface area contributed by atoms with Gasteiger partial charge < -0.3 is 10.1 Å². The summed E-state index contributed by atoms with van der Waals surface area (Å²) >= 11 is 0. The van der Waals surface area contributed by atoms with Crippen LogP contribution in [0.5, 0.6) is 0 Å². The van der Waals surface area contributed by atoms with Crippen LogP contribution in [0.1, 0.15) is 65.7 Å². The van der Waals surface area contributed by atoms with Gasteiger partial charge in [0.05, 0.1) is 12.5 Å². The Labute approximate surface area is 150 Å². The van der Waals surface area contributed by atoms with Gasteiger partial charge in [-0.15, -0.1) is 0 Å². The standard InChI is InChI=1S/C18H32N2O5/c1-4-5-8-14(11-20(24)12-21)17(22)19-16(13(2)3)18(23)25-15-9-6-7-10-15/h12-16,24H,4-11H2,1-3H3,(H,19,22). The molecule has 0 aromatic carbocycles. The van der Waals surface area contributed by atoms with Gasteiger partial charge in [0, 0.05) is 0 Å². The number of hydrogen-bond donors (Lipinski definition) is 2. The van der Waals surface area contributed by atoms with Crippen molar-refractivity contribution < 1.29 is 24.3 Å². The normalized spacial score (nSPS) is 17.2. The number of carbonyl (C=O) groups is 3. The van der Waals surface area contributed by atoms with Gasteiger partial charge in [-0.1, -0.05) is 33.6 Å². The molecule has 0 saturated heterocycles. The second-order valence-corrected chi connectivity index (χ2v) is 7.14. The number of hydroxylamine groups is 2. The largest absolute Gasteiger partial charge is 0.461 e. The molecule has 0 radical (unpaired) electrons. The first-order valence-electron chi connectivity index (χ1n) is 9.30. The Morgan fingerprint density at radius 3 is 2.48 bits per heavy atom. The predicted octanol–water partition coefficient (Wildman–Crippen LogP) is 2.27. The number of nitrogens with one attached hydrogen (secondary N) is 1. The summed E-state index contributed by atoms with van der Waals surface area (Å²) in [5.41, 5.74) is 0. The van der Waals surface area contributed by atoms with Crippen LogP contribution in [0, 0.1) is 11.8 Å². The minimum Gasteiger partial charge on any atom is -0.461 e. The first-order valence-corrected chi connectivity index (χ1v) is 9.30.